The summed E-state index contributed by atoms with van der Waals surface area (Å²) in [5.41, 5.74) is 0. The Labute approximate surface area is 145 Å². The van der Waals surface area contributed by atoms with Crippen LogP contribution in [-0.2, 0) is 29.7 Å². The third-order valence-electron chi connectivity index (χ3n) is 4.22. The van der Waals surface area contributed by atoms with E-state index >= 15 is 0 Å². The SMILES string of the molecule is COCc1nsc(NC(=O)C2CCN(Cc3nccn3C)CC2)n1. The first-order chi connectivity index (χ1) is 11.7. The van der Waals surface area contributed by atoms with Crippen molar-refractivity contribution in [3.63, 3.8) is 0 Å². The summed E-state index contributed by atoms with van der Waals surface area (Å²) in [5, 5.41) is 3.42. The standard InChI is InChI=1S/C15H22N6O2S/c1-20-8-5-16-13(20)9-21-6-3-11(4-7-21)14(22)18-15-17-12(10-23-2)19-24-15/h5,8,11H,3-4,6-7,9-10H2,1-2H3,(H,17,18,19,22). The van der Waals surface area contributed by atoms with Crippen LogP contribution >= 0.6 is 11.5 Å². The number of aromatic nitrogens is 4. The van der Waals surface area contributed by atoms with E-state index in [4.69, 9.17) is 4.74 Å². The van der Waals surface area contributed by atoms with Gasteiger partial charge in [0.05, 0.1) is 6.54 Å². The largest absolute Gasteiger partial charge is 0.377 e. The second kappa shape index (κ2) is 7.82. The number of rotatable bonds is 6. The number of anilines is 1. The smallest absolute Gasteiger partial charge is 0.229 e. The maximum atomic E-state index is 12.4. The molecule has 130 valence electrons. The Bertz CT molecular complexity index is 677. The number of aryl methyl sites for hydroxylation is 1. The van der Waals surface area contributed by atoms with E-state index in [0.717, 1.165) is 38.3 Å². The van der Waals surface area contributed by atoms with Crippen LogP contribution in [0.2, 0.25) is 0 Å². The maximum Gasteiger partial charge on any atom is 0.229 e. The molecule has 0 aromatic carbocycles. The summed E-state index contributed by atoms with van der Waals surface area (Å²) in [5.74, 6) is 1.71. The first-order valence-electron chi connectivity index (χ1n) is 7.96. The summed E-state index contributed by atoms with van der Waals surface area (Å²) >= 11 is 1.19. The number of hydrogen-bond acceptors (Lipinski definition) is 7. The molecule has 0 saturated carbocycles. The van der Waals surface area contributed by atoms with E-state index in [-0.39, 0.29) is 11.8 Å². The van der Waals surface area contributed by atoms with E-state index < -0.39 is 0 Å². The molecule has 1 aliphatic rings. The van der Waals surface area contributed by atoms with Gasteiger partial charge in [0.15, 0.2) is 5.82 Å². The fourth-order valence-corrected chi connectivity index (χ4v) is 3.38. The normalized spacial score (nSPS) is 16.4. The molecule has 1 saturated heterocycles. The molecule has 2 aromatic rings. The maximum absolute atomic E-state index is 12.4. The molecule has 24 heavy (non-hydrogen) atoms. The van der Waals surface area contributed by atoms with Gasteiger partial charge in [0, 0.05) is 44.0 Å². The van der Waals surface area contributed by atoms with Crippen molar-refractivity contribution in [1.29, 1.82) is 0 Å². The average Bonchev–Trinajstić information content (AvgIpc) is 3.18. The van der Waals surface area contributed by atoms with Crippen molar-refractivity contribution in [2.24, 2.45) is 13.0 Å². The number of nitrogens with zero attached hydrogens (tertiary/aromatic N) is 5. The Morgan fingerprint density at radius 2 is 2.25 bits per heavy atom. The molecule has 2 aromatic heterocycles. The Kier molecular flexibility index (Phi) is 5.54. The van der Waals surface area contributed by atoms with E-state index in [1.54, 1.807) is 7.11 Å². The molecule has 0 atom stereocenters. The molecule has 1 aliphatic heterocycles. The molecule has 0 radical (unpaired) electrons. The molecule has 3 rings (SSSR count). The van der Waals surface area contributed by atoms with Gasteiger partial charge in [-0.15, -0.1) is 0 Å². The minimum Gasteiger partial charge on any atom is -0.377 e. The molecule has 3 heterocycles. The summed E-state index contributed by atoms with van der Waals surface area (Å²) in [4.78, 5) is 23.3. The molecule has 0 spiro atoms. The van der Waals surface area contributed by atoms with Crippen LogP contribution < -0.4 is 5.32 Å². The Hall–Kier alpha value is -1.84. The number of ether oxygens (including phenoxy) is 1. The van der Waals surface area contributed by atoms with E-state index in [9.17, 15) is 4.79 Å². The highest BCUT2D eigenvalue weighted by molar-refractivity contribution is 7.09. The van der Waals surface area contributed by atoms with Crippen LogP contribution in [0.1, 0.15) is 24.5 Å². The number of amides is 1. The summed E-state index contributed by atoms with van der Waals surface area (Å²) in [6.45, 7) is 2.98. The van der Waals surface area contributed by atoms with Crippen LogP contribution in [0.4, 0.5) is 5.13 Å². The molecule has 1 amide bonds. The van der Waals surface area contributed by atoms with Gasteiger partial charge in [-0.2, -0.15) is 4.37 Å². The number of piperidine rings is 1. The van der Waals surface area contributed by atoms with Crippen molar-refractivity contribution in [2.75, 3.05) is 25.5 Å². The van der Waals surface area contributed by atoms with E-state index in [1.165, 1.54) is 11.5 Å². The lowest BCUT2D eigenvalue weighted by molar-refractivity contribution is -0.121. The third kappa shape index (κ3) is 4.16. The topological polar surface area (TPSA) is 85.2 Å². The quantitative estimate of drug-likeness (QED) is 0.844. The predicted molar refractivity (Wildman–Crippen MR) is 90.5 cm³/mol. The lowest BCUT2D eigenvalue weighted by Gasteiger charge is -2.30. The molecule has 0 unspecified atom stereocenters. The third-order valence-corrected chi connectivity index (χ3v) is 4.88. The van der Waals surface area contributed by atoms with Crippen LogP contribution in [0.15, 0.2) is 12.4 Å². The summed E-state index contributed by atoms with van der Waals surface area (Å²) in [6.07, 6.45) is 5.46. The van der Waals surface area contributed by atoms with Crippen molar-refractivity contribution in [1.82, 2.24) is 23.8 Å². The number of methoxy groups -OCH3 is 1. The van der Waals surface area contributed by atoms with Gasteiger partial charge in [-0.1, -0.05) is 0 Å². The fraction of sp³-hybridized carbons (Fsp3) is 0.600. The molecular weight excluding hydrogens is 328 g/mol. The van der Waals surface area contributed by atoms with E-state index in [2.05, 4.69) is 24.6 Å². The molecule has 0 bridgehead atoms. The zero-order valence-corrected chi connectivity index (χ0v) is 14.8. The van der Waals surface area contributed by atoms with Crippen LogP contribution in [0, 0.1) is 5.92 Å². The highest BCUT2D eigenvalue weighted by Crippen LogP contribution is 2.21. The summed E-state index contributed by atoms with van der Waals surface area (Å²) in [7, 11) is 3.60. The summed E-state index contributed by atoms with van der Waals surface area (Å²) in [6, 6.07) is 0. The lowest BCUT2D eigenvalue weighted by atomic mass is 9.96. The first-order valence-corrected chi connectivity index (χ1v) is 8.74. The van der Waals surface area contributed by atoms with Crippen LogP contribution in [0.5, 0.6) is 0 Å². The van der Waals surface area contributed by atoms with Crippen molar-refractivity contribution in [3.8, 4) is 0 Å². The second-order valence-electron chi connectivity index (χ2n) is 5.94. The predicted octanol–water partition coefficient (Wildman–Crippen LogP) is 1.27. The highest BCUT2D eigenvalue weighted by atomic mass is 32.1. The van der Waals surface area contributed by atoms with Crippen LogP contribution in [0.3, 0.4) is 0 Å². The second-order valence-corrected chi connectivity index (χ2v) is 6.69. The van der Waals surface area contributed by atoms with E-state index in [0.29, 0.717) is 17.6 Å². The van der Waals surface area contributed by atoms with Gasteiger partial charge in [-0.3, -0.25) is 9.69 Å². The summed E-state index contributed by atoms with van der Waals surface area (Å²) < 4.78 is 11.2. The Balaban J connectivity index is 1.47. The van der Waals surface area contributed by atoms with Gasteiger partial charge in [0.2, 0.25) is 11.0 Å². The number of likely N-dealkylation sites (tertiary alicyclic amines) is 1. The van der Waals surface area contributed by atoms with Crippen molar-refractivity contribution in [2.45, 2.75) is 26.0 Å². The number of hydrogen-bond donors (Lipinski definition) is 1. The molecule has 1 N–H and O–H groups in total. The number of nitrogens with one attached hydrogen (secondary N) is 1. The van der Waals surface area contributed by atoms with Crippen molar-refractivity contribution < 1.29 is 9.53 Å². The van der Waals surface area contributed by atoms with Gasteiger partial charge in [0.1, 0.15) is 12.4 Å². The minimum absolute atomic E-state index is 0.0254. The Morgan fingerprint density at radius 1 is 1.46 bits per heavy atom. The number of imidazole rings is 1. The number of carbonyl (C=O) groups excluding carboxylic acids is 1. The first kappa shape index (κ1) is 17.0. The van der Waals surface area contributed by atoms with Gasteiger partial charge < -0.3 is 14.6 Å². The van der Waals surface area contributed by atoms with Gasteiger partial charge in [-0.05, 0) is 25.9 Å². The molecular formula is C15H22N6O2S. The molecule has 0 aliphatic carbocycles. The monoisotopic (exact) mass is 350 g/mol. The zero-order valence-electron chi connectivity index (χ0n) is 13.9. The van der Waals surface area contributed by atoms with Crippen LogP contribution in [0.25, 0.3) is 0 Å². The molecule has 9 heteroatoms. The highest BCUT2D eigenvalue weighted by Gasteiger charge is 2.26. The lowest BCUT2D eigenvalue weighted by Crippen LogP contribution is -2.38. The van der Waals surface area contributed by atoms with Crippen molar-refractivity contribution >= 4 is 22.6 Å². The average molecular weight is 350 g/mol. The van der Waals surface area contributed by atoms with Gasteiger partial charge in [-0.25, -0.2) is 9.97 Å². The Morgan fingerprint density at radius 3 is 2.92 bits per heavy atom. The van der Waals surface area contributed by atoms with E-state index in [1.807, 2.05) is 24.0 Å². The fourth-order valence-electron chi connectivity index (χ4n) is 2.80. The van der Waals surface area contributed by atoms with Crippen molar-refractivity contribution in [3.05, 3.63) is 24.0 Å². The number of carbonyl (C=O) groups is 1. The minimum atomic E-state index is 0.0254. The zero-order chi connectivity index (χ0) is 16.9. The molecule has 8 nitrogen and oxygen atoms in total. The van der Waals surface area contributed by atoms with Crippen LogP contribution in [-0.4, -0.2) is 49.9 Å². The van der Waals surface area contributed by atoms with Gasteiger partial charge in [0.25, 0.3) is 0 Å². The van der Waals surface area contributed by atoms with Gasteiger partial charge >= 0.3 is 0 Å². The molecule has 1 fully saturated rings.